The lowest BCUT2D eigenvalue weighted by molar-refractivity contribution is 0.601. The molecule has 0 unspecified atom stereocenters. The topological polar surface area (TPSA) is 17.0 Å². The fraction of sp³-hybridized carbons (Fsp3) is 0.412. The van der Waals surface area contributed by atoms with Gasteiger partial charge >= 0.3 is 0 Å². The van der Waals surface area contributed by atoms with Crippen molar-refractivity contribution in [2.45, 2.75) is 38.8 Å². The molecule has 2 heteroatoms. The van der Waals surface area contributed by atoms with E-state index in [4.69, 9.17) is 0 Å². The molecule has 0 radical (unpaired) electrons. The van der Waals surface area contributed by atoms with E-state index in [2.05, 4.69) is 46.9 Å². The molecule has 19 heavy (non-hydrogen) atoms. The third-order valence-corrected chi connectivity index (χ3v) is 3.55. The van der Waals surface area contributed by atoms with Crippen molar-refractivity contribution in [2.75, 3.05) is 7.05 Å². The number of hydrogen-bond donors (Lipinski definition) is 1. The SMILES string of the molecule is C=CCCCCCn1ccc2cccc(CNC)c21. The molecule has 0 saturated carbocycles. The Labute approximate surface area is 116 Å². The van der Waals surface area contributed by atoms with E-state index in [9.17, 15) is 0 Å². The number of aryl methyl sites for hydroxylation is 1. The second kappa shape index (κ2) is 7.15. The van der Waals surface area contributed by atoms with Gasteiger partial charge in [-0.25, -0.2) is 0 Å². The number of rotatable bonds is 8. The molecular weight excluding hydrogens is 232 g/mol. The van der Waals surface area contributed by atoms with Crippen LogP contribution in [-0.2, 0) is 13.1 Å². The van der Waals surface area contributed by atoms with Crippen LogP contribution in [0.1, 0.15) is 31.2 Å². The lowest BCUT2D eigenvalue weighted by atomic mass is 10.1. The highest BCUT2D eigenvalue weighted by Gasteiger charge is 2.05. The predicted octanol–water partition coefficient (Wildman–Crippen LogP) is 4.11. The fourth-order valence-corrected chi connectivity index (χ4v) is 2.61. The number of fused-ring (bicyclic) bond motifs is 1. The summed E-state index contributed by atoms with van der Waals surface area (Å²) in [6.45, 7) is 5.81. The number of aromatic nitrogens is 1. The van der Waals surface area contributed by atoms with Crippen LogP contribution in [0.3, 0.4) is 0 Å². The molecule has 1 N–H and O–H groups in total. The van der Waals surface area contributed by atoms with Gasteiger partial charge in [0.25, 0.3) is 0 Å². The Morgan fingerprint density at radius 1 is 1.21 bits per heavy atom. The van der Waals surface area contributed by atoms with Crippen LogP contribution in [0, 0.1) is 0 Å². The first-order chi connectivity index (χ1) is 9.36. The van der Waals surface area contributed by atoms with Gasteiger partial charge in [-0.05, 0) is 43.3 Å². The summed E-state index contributed by atoms with van der Waals surface area (Å²) in [6.07, 6.45) is 9.14. The summed E-state index contributed by atoms with van der Waals surface area (Å²) in [5.74, 6) is 0. The normalized spacial score (nSPS) is 11.0. The maximum absolute atomic E-state index is 3.77. The molecule has 0 atom stereocenters. The molecule has 0 bridgehead atoms. The van der Waals surface area contributed by atoms with E-state index in [1.165, 1.54) is 35.7 Å². The largest absolute Gasteiger partial charge is 0.347 e. The quantitative estimate of drug-likeness (QED) is 0.555. The van der Waals surface area contributed by atoms with E-state index < -0.39 is 0 Å². The third-order valence-electron chi connectivity index (χ3n) is 3.55. The smallest absolute Gasteiger partial charge is 0.0525 e. The van der Waals surface area contributed by atoms with E-state index in [1.807, 2.05) is 13.1 Å². The van der Waals surface area contributed by atoms with Crippen molar-refractivity contribution >= 4 is 10.9 Å². The maximum Gasteiger partial charge on any atom is 0.0525 e. The number of para-hydroxylation sites is 1. The van der Waals surface area contributed by atoms with Gasteiger partial charge in [0.15, 0.2) is 0 Å². The van der Waals surface area contributed by atoms with Gasteiger partial charge in [0.05, 0.1) is 5.52 Å². The molecule has 2 rings (SSSR count). The standard InChI is InChI=1S/C17H24N2/c1-3-4-5-6-7-12-19-13-11-15-9-8-10-16(14-18-2)17(15)19/h3,8-11,13,18H,1,4-7,12,14H2,2H3. The van der Waals surface area contributed by atoms with Gasteiger partial charge in [0, 0.05) is 19.3 Å². The van der Waals surface area contributed by atoms with E-state index in [0.29, 0.717) is 0 Å². The molecule has 0 fully saturated rings. The number of benzene rings is 1. The highest BCUT2D eigenvalue weighted by Crippen LogP contribution is 2.21. The van der Waals surface area contributed by atoms with Gasteiger partial charge in [-0.15, -0.1) is 6.58 Å². The van der Waals surface area contributed by atoms with E-state index in [0.717, 1.165) is 19.5 Å². The molecule has 2 aromatic rings. The number of nitrogens with zero attached hydrogens (tertiary/aromatic N) is 1. The van der Waals surface area contributed by atoms with E-state index >= 15 is 0 Å². The van der Waals surface area contributed by atoms with Gasteiger partial charge in [0.1, 0.15) is 0 Å². The third kappa shape index (κ3) is 3.48. The second-order valence-corrected chi connectivity index (χ2v) is 5.03. The van der Waals surface area contributed by atoms with Crippen LogP contribution in [-0.4, -0.2) is 11.6 Å². The van der Waals surface area contributed by atoms with E-state index in [1.54, 1.807) is 0 Å². The molecule has 1 heterocycles. The molecule has 102 valence electrons. The van der Waals surface area contributed by atoms with Crippen molar-refractivity contribution < 1.29 is 0 Å². The summed E-state index contributed by atoms with van der Waals surface area (Å²) in [4.78, 5) is 0. The Morgan fingerprint density at radius 3 is 2.89 bits per heavy atom. The van der Waals surface area contributed by atoms with Crippen molar-refractivity contribution in [3.8, 4) is 0 Å². The lowest BCUT2D eigenvalue weighted by Crippen LogP contribution is -2.07. The summed E-state index contributed by atoms with van der Waals surface area (Å²) in [5, 5.41) is 4.60. The van der Waals surface area contributed by atoms with Crippen molar-refractivity contribution in [1.82, 2.24) is 9.88 Å². The number of nitrogens with one attached hydrogen (secondary N) is 1. The summed E-state index contributed by atoms with van der Waals surface area (Å²) in [7, 11) is 2.00. The maximum atomic E-state index is 3.77. The average Bonchev–Trinajstić information content (AvgIpc) is 2.83. The van der Waals surface area contributed by atoms with Crippen LogP contribution in [0.15, 0.2) is 43.1 Å². The molecule has 0 saturated heterocycles. The van der Waals surface area contributed by atoms with Gasteiger partial charge < -0.3 is 9.88 Å². The van der Waals surface area contributed by atoms with Crippen molar-refractivity contribution in [2.24, 2.45) is 0 Å². The lowest BCUT2D eigenvalue weighted by Gasteiger charge is -2.09. The predicted molar refractivity (Wildman–Crippen MR) is 83.4 cm³/mol. The minimum absolute atomic E-state index is 0.928. The molecule has 0 aliphatic heterocycles. The van der Waals surface area contributed by atoms with Crippen LogP contribution in [0.2, 0.25) is 0 Å². The fourth-order valence-electron chi connectivity index (χ4n) is 2.61. The molecular formula is C17H24N2. The zero-order valence-electron chi connectivity index (χ0n) is 11.9. The highest BCUT2D eigenvalue weighted by atomic mass is 15.0. The first-order valence-corrected chi connectivity index (χ1v) is 7.19. The molecule has 0 aliphatic carbocycles. The first kappa shape index (κ1) is 13.9. The Morgan fingerprint density at radius 2 is 2.11 bits per heavy atom. The Balaban J connectivity index is 2.07. The van der Waals surface area contributed by atoms with Gasteiger partial charge in [-0.2, -0.15) is 0 Å². The van der Waals surface area contributed by atoms with Gasteiger partial charge in [0.2, 0.25) is 0 Å². The molecule has 0 amide bonds. The summed E-state index contributed by atoms with van der Waals surface area (Å²) in [5.41, 5.74) is 2.77. The zero-order valence-corrected chi connectivity index (χ0v) is 11.9. The van der Waals surface area contributed by atoms with Crippen molar-refractivity contribution in [3.63, 3.8) is 0 Å². The van der Waals surface area contributed by atoms with Gasteiger partial charge in [-0.1, -0.05) is 30.7 Å². The number of hydrogen-bond acceptors (Lipinski definition) is 1. The Hall–Kier alpha value is -1.54. The van der Waals surface area contributed by atoms with Crippen molar-refractivity contribution in [3.05, 3.63) is 48.7 Å². The van der Waals surface area contributed by atoms with Crippen LogP contribution >= 0.6 is 0 Å². The summed E-state index contributed by atoms with van der Waals surface area (Å²) >= 11 is 0. The van der Waals surface area contributed by atoms with Crippen LogP contribution in [0.4, 0.5) is 0 Å². The number of unbranched alkanes of at least 4 members (excludes halogenated alkanes) is 3. The Bertz CT molecular complexity index is 525. The second-order valence-electron chi connectivity index (χ2n) is 5.03. The Kier molecular flexibility index (Phi) is 5.22. The minimum atomic E-state index is 0.928. The monoisotopic (exact) mass is 256 g/mol. The number of allylic oxidation sites excluding steroid dienone is 1. The molecule has 2 nitrogen and oxygen atoms in total. The molecule has 0 aliphatic rings. The molecule has 1 aromatic heterocycles. The zero-order chi connectivity index (χ0) is 13.5. The van der Waals surface area contributed by atoms with Crippen LogP contribution in [0.5, 0.6) is 0 Å². The van der Waals surface area contributed by atoms with E-state index in [-0.39, 0.29) is 0 Å². The highest BCUT2D eigenvalue weighted by molar-refractivity contribution is 5.83. The molecule has 1 aromatic carbocycles. The minimum Gasteiger partial charge on any atom is -0.347 e. The van der Waals surface area contributed by atoms with Crippen LogP contribution in [0.25, 0.3) is 10.9 Å². The van der Waals surface area contributed by atoms with Crippen LogP contribution < -0.4 is 5.32 Å². The summed E-state index contributed by atoms with van der Waals surface area (Å²) in [6, 6.07) is 8.78. The average molecular weight is 256 g/mol. The van der Waals surface area contributed by atoms with Gasteiger partial charge in [-0.3, -0.25) is 0 Å². The first-order valence-electron chi connectivity index (χ1n) is 7.19. The van der Waals surface area contributed by atoms with Crippen molar-refractivity contribution in [1.29, 1.82) is 0 Å². The summed E-state index contributed by atoms with van der Waals surface area (Å²) < 4.78 is 2.40. The molecule has 0 spiro atoms.